The molecule has 2 bridgehead atoms. The van der Waals surface area contributed by atoms with Crippen molar-refractivity contribution in [3.8, 4) is 22.4 Å². The minimum atomic E-state index is -1.89. The van der Waals surface area contributed by atoms with Crippen molar-refractivity contribution >= 4 is 23.3 Å². The van der Waals surface area contributed by atoms with Gasteiger partial charge >= 0.3 is 0 Å². The number of nitrogens with zero attached hydrogens (tertiary/aromatic N) is 4. The van der Waals surface area contributed by atoms with Gasteiger partial charge < -0.3 is 20.3 Å². The van der Waals surface area contributed by atoms with Crippen LogP contribution >= 0.6 is 0 Å². The monoisotopic (exact) mass is 634 g/mol. The predicted octanol–water partition coefficient (Wildman–Crippen LogP) is 5.48. The third-order valence-corrected chi connectivity index (χ3v) is 10.4. The van der Waals surface area contributed by atoms with Gasteiger partial charge in [0.2, 0.25) is 5.91 Å². The number of carbonyl (C=O) groups excluding carboxylic acids is 2. The minimum absolute atomic E-state index is 0.183. The van der Waals surface area contributed by atoms with Crippen molar-refractivity contribution in [2.24, 2.45) is 7.05 Å². The van der Waals surface area contributed by atoms with Crippen LogP contribution in [0.15, 0.2) is 67.0 Å². The highest BCUT2D eigenvalue weighted by Gasteiger charge is 2.52. The number of rotatable bonds is 8. The first-order valence-electron chi connectivity index (χ1n) is 16.6. The van der Waals surface area contributed by atoms with Crippen LogP contribution in [0.2, 0.25) is 0 Å². The fourth-order valence-corrected chi connectivity index (χ4v) is 7.65. The van der Waals surface area contributed by atoms with Crippen molar-refractivity contribution in [3.63, 3.8) is 0 Å². The Bertz CT molecular complexity index is 1830. The van der Waals surface area contributed by atoms with E-state index in [1.54, 1.807) is 0 Å². The van der Waals surface area contributed by atoms with Crippen LogP contribution in [-0.4, -0.2) is 63.6 Å². The topological polar surface area (TPSA) is 101 Å². The van der Waals surface area contributed by atoms with Gasteiger partial charge in [-0.25, -0.2) is 9.37 Å². The highest BCUT2D eigenvalue weighted by Crippen LogP contribution is 2.42. The van der Waals surface area contributed by atoms with Crippen molar-refractivity contribution in [2.75, 3.05) is 23.4 Å². The number of hydrogen-bond donors (Lipinski definition) is 2. The molecule has 8 rings (SSSR count). The standard InChI is InChI=1S/C37H39FN6O3/c1-22-19-40-43(2)34(22)24-8-10-27(11-9-24)41-35(45)33(42-36(46)37(38)13-14-37)30-5-3-4-23-6-7-25(16-31(23)30)26-12-15-39-32(17-26)44-20-29-18-28(44)21-47-29/h6-12,15-17,19,28-30,33H,3-5,13-14,18,20-21H2,1-2H3,(H,41,45)(H,42,46)/t28?,29-,30-,33?/m1/s1. The molecule has 2 amide bonds. The third-order valence-electron chi connectivity index (χ3n) is 10.4. The Hall–Kier alpha value is -4.57. The van der Waals surface area contributed by atoms with Crippen molar-refractivity contribution in [2.45, 2.75) is 75.2 Å². The van der Waals surface area contributed by atoms with E-state index >= 15 is 0 Å². The maximum atomic E-state index is 15.0. The molecule has 2 aromatic carbocycles. The summed E-state index contributed by atoms with van der Waals surface area (Å²) < 4.78 is 22.6. The molecule has 2 saturated heterocycles. The first-order chi connectivity index (χ1) is 22.8. The fraction of sp³-hybridized carbons (Fsp3) is 0.405. The predicted molar refractivity (Wildman–Crippen MR) is 178 cm³/mol. The van der Waals surface area contributed by atoms with Gasteiger partial charge in [-0.3, -0.25) is 14.3 Å². The van der Waals surface area contributed by atoms with Crippen LogP contribution in [0.1, 0.15) is 54.7 Å². The Morgan fingerprint density at radius 3 is 2.55 bits per heavy atom. The van der Waals surface area contributed by atoms with Gasteiger partial charge in [0.05, 0.1) is 30.6 Å². The van der Waals surface area contributed by atoms with E-state index in [0.29, 0.717) is 18.2 Å². The van der Waals surface area contributed by atoms with Gasteiger partial charge in [0.15, 0.2) is 5.67 Å². The zero-order chi connectivity index (χ0) is 32.3. The SMILES string of the molecule is Cc1cnn(C)c1-c1ccc(NC(=O)C(NC(=O)C2(F)CC2)[C@@H]2CCCc3ccc(-c4ccnc(N5C[C@H]6CC5CO6)c4)cc32)cc1. The molecule has 2 N–H and O–H groups in total. The number of alkyl halides is 1. The Labute approximate surface area is 273 Å². The number of morpholine rings is 1. The van der Waals surface area contributed by atoms with Gasteiger partial charge in [-0.15, -0.1) is 0 Å². The number of carbonyl (C=O) groups is 2. The molecule has 4 aromatic rings. The van der Waals surface area contributed by atoms with Crippen LogP contribution < -0.4 is 15.5 Å². The van der Waals surface area contributed by atoms with Crippen molar-refractivity contribution < 1.29 is 18.7 Å². The van der Waals surface area contributed by atoms with Crippen LogP contribution in [0, 0.1) is 6.92 Å². The lowest BCUT2D eigenvalue weighted by Gasteiger charge is -2.33. The Morgan fingerprint density at radius 2 is 1.85 bits per heavy atom. The molecule has 2 unspecified atom stereocenters. The lowest BCUT2D eigenvalue weighted by Crippen LogP contribution is -2.51. The number of pyridine rings is 1. The number of fused-ring (bicyclic) bond motifs is 3. The van der Waals surface area contributed by atoms with Crippen molar-refractivity contribution in [3.05, 3.63) is 83.7 Å². The first kappa shape index (κ1) is 29.8. The van der Waals surface area contributed by atoms with Crippen LogP contribution in [0.3, 0.4) is 0 Å². The zero-order valence-corrected chi connectivity index (χ0v) is 26.7. The summed E-state index contributed by atoms with van der Waals surface area (Å²) in [5.74, 6) is -0.424. The highest BCUT2D eigenvalue weighted by atomic mass is 19.1. The van der Waals surface area contributed by atoms with E-state index in [1.807, 2.05) is 61.4 Å². The molecule has 242 valence electrons. The van der Waals surface area contributed by atoms with E-state index in [9.17, 15) is 14.0 Å². The number of anilines is 2. The average molecular weight is 635 g/mol. The maximum Gasteiger partial charge on any atom is 0.258 e. The normalized spacial score (nSPS) is 22.9. The molecule has 47 heavy (non-hydrogen) atoms. The second kappa shape index (κ2) is 11.6. The summed E-state index contributed by atoms with van der Waals surface area (Å²) in [6.07, 6.45) is 7.80. The molecule has 3 fully saturated rings. The summed E-state index contributed by atoms with van der Waals surface area (Å²) in [5.41, 5.74) is 5.99. The molecule has 4 atom stereocenters. The van der Waals surface area contributed by atoms with Crippen LogP contribution in [-0.2, 0) is 27.8 Å². The number of halogens is 1. The maximum absolute atomic E-state index is 15.0. The van der Waals surface area contributed by atoms with E-state index in [1.165, 1.54) is 0 Å². The van der Waals surface area contributed by atoms with E-state index in [2.05, 4.69) is 49.9 Å². The van der Waals surface area contributed by atoms with Crippen molar-refractivity contribution in [1.29, 1.82) is 0 Å². The molecule has 0 radical (unpaired) electrons. The number of benzene rings is 2. The Morgan fingerprint density at radius 1 is 1.06 bits per heavy atom. The summed E-state index contributed by atoms with van der Waals surface area (Å²) in [7, 11) is 1.90. The second-order valence-corrected chi connectivity index (χ2v) is 13.6. The van der Waals surface area contributed by atoms with Crippen LogP contribution in [0.4, 0.5) is 15.9 Å². The van der Waals surface area contributed by atoms with E-state index < -0.39 is 17.6 Å². The summed E-state index contributed by atoms with van der Waals surface area (Å²) >= 11 is 0. The van der Waals surface area contributed by atoms with Crippen molar-refractivity contribution in [1.82, 2.24) is 20.1 Å². The number of nitrogens with one attached hydrogen (secondary N) is 2. The third kappa shape index (κ3) is 5.58. The lowest BCUT2D eigenvalue weighted by atomic mass is 9.77. The smallest absolute Gasteiger partial charge is 0.258 e. The number of ether oxygens (including phenoxy) is 1. The summed E-state index contributed by atoms with van der Waals surface area (Å²) in [6.45, 7) is 3.60. The molecule has 4 aliphatic rings. The lowest BCUT2D eigenvalue weighted by molar-refractivity contribution is -0.131. The number of hydrogen-bond acceptors (Lipinski definition) is 6. The van der Waals surface area contributed by atoms with Gasteiger partial charge in [-0.2, -0.15) is 5.10 Å². The molecular formula is C37H39FN6O3. The zero-order valence-electron chi connectivity index (χ0n) is 26.7. The minimum Gasteiger partial charge on any atom is -0.374 e. The summed E-state index contributed by atoms with van der Waals surface area (Å²) in [6, 6.07) is 17.6. The van der Waals surface area contributed by atoms with Gasteiger partial charge in [-0.05, 0) is 97.5 Å². The fourth-order valence-electron chi connectivity index (χ4n) is 7.65. The average Bonchev–Trinajstić information content (AvgIpc) is 3.37. The molecule has 10 heteroatoms. The molecular weight excluding hydrogens is 595 g/mol. The number of amides is 2. The van der Waals surface area contributed by atoms with E-state index in [-0.39, 0.29) is 30.8 Å². The highest BCUT2D eigenvalue weighted by molar-refractivity contribution is 6.00. The van der Waals surface area contributed by atoms with E-state index in [0.717, 1.165) is 77.3 Å². The molecule has 1 saturated carbocycles. The van der Waals surface area contributed by atoms with Gasteiger partial charge in [-0.1, -0.05) is 30.3 Å². The van der Waals surface area contributed by atoms with Crippen LogP contribution in [0.5, 0.6) is 0 Å². The van der Waals surface area contributed by atoms with Gasteiger partial charge in [0, 0.05) is 37.0 Å². The van der Waals surface area contributed by atoms with E-state index in [4.69, 9.17) is 4.74 Å². The molecule has 2 aromatic heterocycles. The molecule has 2 aliphatic carbocycles. The molecule has 0 spiro atoms. The molecule has 9 nitrogen and oxygen atoms in total. The Kier molecular flexibility index (Phi) is 7.35. The summed E-state index contributed by atoms with van der Waals surface area (Å²) in [5, 5.41) is 10.2. The first-order valence-corrected chi connectivity index (χ1v) is 16.6. The molecule has 4 heterocycles. The molecule has 2 aliphatic heterocycles. The largest absolute Gasteiger partial charge is 0.374 e. The second-order valence-electron chi connectivity index (χ2n) is 13.6. The Balaban J connectivity index is 1.08. The number of aryl methyl sites for hydroxylation is 3. The van der Waals surface area contributed by atoms with Crippen LogP contribution in [0.25, 0.3) is 22.4 Å². The number of aromatic nitrogens is 3. The quantitative estimate of drug-likeness (QED) is 0.266. The van der Waals surface area contributed by atoms with Gasteiger partial charge in [0.25, 0.3) is 5.91 Å². The van der Waals surface area contributed by atoms with Gasteiger partial charge in [0.1, 0.15) is 11.9 Å². The summed E-state index contributed by atoms with van der Waals surface area (Å²) in [4.78, 5) is 34.2.